The molecule has 3 rings (SSSR count). The maximum Gasteiger partial charge on any atom is 0.261 e. The van der Waals surface area contributed by atoms with Crippen LogP contribution in [0.1, 0.15) is 15.2 Å². The van der Waals surface area contributed by atoms with Gasteiger partial charge in [-0.1, -0.05) is 0 Å². The first-order chi connectivity index (χ1) is 10.6. The molecule has 1 N–H and O–H groups in total. The van der Waals surface area contributed by atoms with Crippen molar-refractivity contribution in [2.75, 3.05) is 0 Å². The van der Waals surface area contributed by atoms with E-state index in [9.17, 15) is 4.79 Å². The van der Waals surface area contributed by atoms with Crippen LogP contribution in [0.15, 0.2) is 46.8 Å². The summed E-state index contributed by atoms with van der Waals surface area (Å²) in [5.74, 6) is -0.0810. The molecule has 112 valence electrons. The number of thiophene rings is 1. The Labute approximate surface area is 140 Å². The third-order valence-corrected chi connectivity index (χ3v) is 4.77. The highest BCUT2D eigenvalue weighted by Crippen LogP contribution is 2.20. The van der Waals surface area contributed by atoms with Gasteiger partial charge in [0, 0.05) is 53.2 Å². The highest BCUT2D eigenvalue weighted by molar-refractivity contribution is 9.10. The number of nitrogens with one attached hydrogen (secondary N) is 1. The van der Waals surface area contributed by atoms with Gasteiger partial charge in [0.1, 0.15) is 0 Å². The molecule has 0 aliphatic heterocycles. The normalized spacial score (nSPS) is 10.6. The van der Waals surface area contributed by atoms with Gasteiger partial charge in [-0.3, -0.25) is 14.5 Å². The van der Waals surface area contributed by atoms with Gasteiger partial charge >= 0.3 is 0 Å². The topological polar surface area (TPSA) is 59.8 Å². The molecule has 0 aromatic carbocycles. The molecule has 1 amide bonds. The van der Waals surface area contributed by atoms with E-state index in [1.165, 1.54) is 11.3 Å². The first kappa shape index (κ1) is 14.9. The van der Waals surface area contributed by atoms with Gasteiger partial charge in [0.25, 0.3) is 5.91 Å². The minimum Gasteiger partial charge on any atom is -0.347 e. The van der Waals surface area contributed by atoms with Crippen molar-refractivity contribution < 1.29 is 4.79 Å². The van der Waals surface area contributed by atoms with E-state index in [0.29, 0.717) is 11.4 Å². The van der Waals surface area contributed by atoms with Gasteiger partial charge in [0.2, 0.25) is 0 Å². The number of halogens is 1. The van der Waals surface area contributed by atoms with Gasteiger partial charge in [-0.05, 0) is 33.6 Å². The Morgan fingerprint density at radius 2 is 2.18 bits per heavy atom. The number of hydrogen-bond donors (Lipinski definition) is 1. The first-order valence-corrected chi connectivity index (χ1v) is 8.24. The highest BCUT2D eigenvalue weighted by atomic mass is 79.9. The van der Waals surface area contributed by atoms with Crippen LogP contribution in [-0.4, -0.2) is 20.7 Å². The number of pyridine rings is 1. The van der Waals surface area contributed by atoms with Crippen LogP contribution >= 0.6 is 27.3 Å². The number of aryl methyl sites for hydroxylation is 1. The van der Waals surface area contributed by atoms with E-state index in [4.69, 9.17) is 0 Å². The molecule has 0 unspecified atom stereocenters. The van der Waals surface area contributed by atoms with Crippen LogP contribution in [0, 0.1) is 0 Å². The molecule has 3 heterocycles. The number of hydrogen-bond acceptors (Lipinski definition) is 4. The average molecular weight is 377 g/mol. The van der Waals surface area contributed by atoms with Gasteiger partial charge in [-0.2, -0.15) is 5.10 Å². The van der Waals surface area contributed by atoms with E-state index in [1.807, 2.05) is 30.8 Å². The Hall–Kier alpha value is -1.99. The van der Waals surface area contributed by atoms with Crippen molar-refractivity contribution in [3.05, 3.63) is 57.2 Å². The zero-order valence-electron chi connectivity index (χ0n) is 11.8. The molecule has 0 spiro atoms. The molecule has 0 bridgehead atoms. The van der Waals surface area contributed by atoms with E-state index in [-0.39, 0.29) is 5.91 Å². The second kappa shape index (κ2) is 6.41. The van der Waals surface area contributed by atoms with Gasteiger partial charge in [0.05, 0.1) is 11.1 Å². The summed E-state index contributed by atoms with van der Waals surface area (Å²) in [5.41, 5.74) is 2.94. The largest absolute Gasteiger partial charge is 0.347 e. The smallest absolute Gasteiger partial charge is 0.261 e. The molecule has 7 heteroatoms. The highest BCUT2D eigenvalue weighted by Gasteiger charge is 2.08. The van der Waals surface area contributed by atoms with Crippen LogP contribution in [0.5, 0.6) is 0 Å². The summed E-state index contributed by atoms with van der Waals surface area (Å²) in [6.07, 6.45) is 7.27. The number of carbonyl (C=O) groups excluding carboxylic acids is 1. The minimum absolute atomic E-state index is 0.0810. The van der Waals surface area contributed by atoms with E-state index in [1.54, 1.807) is 23.3 Å². The molecule has 3 aromatic rings. The van der Waals surface area contributed by atoms with Crippen molar-refractivity contribution >= 4 is 33.2 Å². The van der Waals surface area contributed by atoms with E-state index >= 15 is 0 Å². The second-order valence-corrected chi connectivity index (χ2v) is 6.62. The SMILES string of the molecule is Cn1cc(-c2cncc(CNC(=O)c3cc(Br)cs3)c2)cn1. The predicted octanol–water partition coefficient (Wildman–Crippen LogP) is 3.24. The molecule has 3 aromatic heterocycles. The molecular formula is C15H13BrN4OS. The van der Waals surface area contributed by atoms with Gasteiger partial charge in [0.15, 0.2) is 0 Å². The average Bonchev–Trinajstić information content (AvgIpc) is 3.14. The summed E-state index contributed by atoms with van der Waals surface area (Å²) in [5, 5.41) is 8.95. The van der Waals surface area contributed by atoms with E-state index < -0.39 is 0 Å². The number of aromatic nitrogens is 3. The maximum atomic E-state index is 12.0. The monoisotopic (exact) mass is 376 g/mol. The van der Waals surface area contributed by atoms with Crippen molar-refractivity contribution in [3.8, 4) is 11.1 Å². The maximum absolute atomic E-state index is 12.0. The second-order valence-electron chi connectivity index (χ2n) is 4.80. The lowest BCUT2D eigenvalue weighted by atomic mass is 10.1. The van der Waals surface area contributed by atoms with E-state index in [2.05, 4.69) is 31.3 Å². The van der Waals surface area contributed by atoms with Crippen molar-refractivity contribution in [1.82, 2.24) is 20.1 Å². The Bertz CT molecular complexity index is 811. The summed E-state index contributed by atoms with van der Waals surface area (Å²) in [4.78, 5) is 16.9. The molecule has 0 aliphatic rings. The van der Waals surface area contributed by atoms with Gasteiger partial charge in [-0.25, -0.2) is 0 Å². The third-order valence-electron chi connectivity index (χ3n) is 3.08. The molecule has 0 aliphatic carbocycles. The lowest BCUT2D eigenvalue weighted by Crippen LogP contribution is -2.21. The standard InChI is InChI=1S/C15H13BrN4OS/c1-20-8-12(7-19-20)11-2-10(4-17-6-11)5-18-15(21)14-3-13(16)9-22-14/h2-4,6-9H,5H2,1H3,(H,18,21). The lowest BCUT2D eigenvalue weighted by molar-refractivity contribution is 0.0955. The van der Waals surface area contributed by atoms with Crippen LogP contribution in [0.25, 0.3) is 11.1 Å². The summed E-state index contributed by atoms with van der Waals surface area (Å²) >= 11 is 4.76. The molecule has 0 fully saturated rings. The number of rotatable bonds is 4. The zero-order valence-corrected chi connectivity index (χ0v) is 14.2. The third kappa shape index (κ3) is 3.42. The molecule has 22 heavy (non-hydrogen) atoms. The zero-order chi connectivity index (χ0) is 15.5. The minimum atomic E-state index is -0.0810. The summed E-state index contributed by atoms with van der Waals surface area (Å²) in [7, 11) is 1.88. The summed E-state index contributed by atoms with van der Waals surface area (Å²) < 4.78 is 2.67. The fourth-order valence-corrected chi connectivity index (χ4v) is 3.36. The number of nitrogens with zero attached hydrogens (tertiary/aromatic N) is 3. The lowest BCUT2D eigenvalue weighted by Gasteiger charge is -2.05. The molecular weight excluding hydrogens is 364 g/mol. The van der Waals surface area contributed by atoms with Crippen LogP contribution in [-0.2, 0) is 13.6 Å². The Balaban J connectivity index is 1.69. The first-order valence-electron chi connectivity index (χ1n) is 6.57. The van der Waals surface area contributed by atoms with E-state index in [0.717, 1.165) is 21.2 Å². The fraction of sp³-hybridized carbons (Fsp3) is 0.133. The summed E-state index contributed by atoms with van der Waals surface area (Å²) in [6, 6.07) is 3.82. The van der Waals surface area contributed by atoms with Crippen LogP contribution in [0.3, 0.4) is 0 Å². The van der Waals surface area contributed by atoms with Crippen LogP contribution in [0.4, 0.5) is 0 Å². The Kier molecular flexibility index (Phi) is 4.35. The molecule has 0 saturated heterocycles. The number of amides is 1. The molecule has 0 radical (unpaired) electrons. The predicted molar refractivity (Wildman–Crippen MR) is 89.6 cm³/mol. The van der Waals surface area contributed by atoms with Crippen molar-refractivity contribution in [1.29, 1.82) is 0 Å². The van der Waals surface area contributed by atoms with Crippen molar-refractivity contribution in [3.63, 3.8) is 0 Å². The molecule has 0 saturated carbocycles. The van der Waals surface area contributed by atoms with Crippen molar-refractivity contribution in [2.24, 2.45) is 7.05 Å². The molecule has 0 atom stereocenters. The number of carbonyl (C=O) groups is 1. The van der Waals surface area contributed by atoms with Crippen molar-refractivity contribution in [2.45, 2.75) is 6.54 Å². The summed E-state index contributed by atoms with van der Waals surface area (Å²) in [6.45, 7) is 0.440. The Morgan fingerprint density at radius 3 is 2.86 bits per heavy atom. The Morgan fingerprint density at radius 1 is 1.32 bits per heavy atom. The van der Waals surface area contributed by atoms with Crippen LogP contribution in [0.2, 0.25) is 0 Å². The van der Waals surface area contributed by atoms with Gasteiger partial charge in [-0.15, -0.1) is 11.3 Å². The molecule has 5 nitrogen and oxygen atoms in total. The van der Waals surface area contributed by atoms with Crippen LogP contribution < -0.4 is 5.32 Å². The quantitative estimate of drug-likeness (QED) is 0.760. The van der Waals surface area contributed by atoms with Gasteiger partial charge < -0.3 is 5.32 Å². The fourth-order valence-electron chi connectivity index (χ4n) is 2.01.